The minimum atomic E-state index is -0.946. The number of unbranched alkanes of at least 4 members (excludes halogenated alkanes) is 17. The highest BCUT2D eigenvalue weighted by atomic mass is 16.5. The molecule has 0 fully saturated rings. The number of carbonyl (C=O) groups is 2. The van der Waals surface area contributed by atoms with Crippen LogP contribution in [-0.4, -0.2) is 55.3 Å². The zero-order chi connectivity index (χ0) is 25.5. The lowest BCUT2D eigenvalue weighted by Gasteiger charge is -2.28. The topological polar surface area (TPSA) is 63.6 Å². The molecule has 1 N–H and O–H groups in total. The summed E-state index contributed by atoms with van der Waals surface area (Å²) in [4.78, 5) is 23.0. The Kier molecular flexibility index (Phi) is 21.2. The van der Waals surface area contributed by atoms with E-state index in [-0.39, 0.29) is 6.42 Å². The van der Waals surface area contributed by atoms with Gasteiger partial charge in [-0.3, -0.25) is 4.79 Å². The van der Waals surface area contributed by atoms with Crippen molar-refractivity contribution in [2.45, 2.75) is 135 Å². The first-order valence-electron chi connectivity index (χ1n) is 14.1. The van der Waals surface area contributed by atoms with Crippen molar-refractivity contribution in [3.05, 3.63) is 12.2 Å². The van der Waals surface area contributed by atoms with Gasteiger partial charge in [-0.25, -0.2) is 4.79 Å². The molecule has 0 heterocycles. The first kappa shape index (κ1) is 32.6. The van der Waals surface area contributed by atoms with Crippen LogP contribution in [0, 0.1) is 0 Å². The number of hydrogen-bond donors (Lipinski definition) is 1. The Balaban J connectivity index is 3.54. The van der Waals surface area contributed by atoms with Gasteiger partial charge in [-0.05, 0) is 12.8 Å². The van der Waals surface area contributed by atoms with Crippen molar-refractivity contribution in [2.75, 3.05) is 27.7 Å². The summed E-state index contributed by atoms with van der Waals surface area (Å²) in [7, 11) is 5.86. The molecule has 0 spiro atoms. The van der Waals surface area contributed by atoms with E-state index >= 15 is 0 Å². The highest BCUT2D eigenvalue weighted by Crippen LogP contribution is 2.14. The third-order valence-corrected chi connectivity index (χ3v) is 6.16. The fraction of sp³-hybridized carbons (Fsp3) is 0.862. The van der Waals surface area contributed by atoms with E-state index in [0.717, 1.165) is 12.8 Å². The standard InChI is InChI=1S/C29H55NO4/c1-5-6-7-8-9-10-11-12-13-14-15-16-17-18-19-20-21-22-23-24-29(33)34-27(25-28(31)32)26-30(2,3)4/h23-24,27H,5-22,25-26H2,1-4H3/p+1. The van der Waals surface area contributed by atoms with E-state index in [1.54, 1.807) is 0 Å². The fourth-order valence-corrected chi connectivity index (χ4v) is 4.32. The molecule has 0 aromatic carbocycles. The lowest BCUT2D eigenvalue weighted by Crippen LogP contribution is -2.43. The van der Waals surface area contributed by atoms with Crippen LogP contribution in [0.2, 0.25) is 0 Å². The molecular weight excluding hydrogens is 426 g/mol. The van der Waals surface area contributed by atoms with Gasteiger partial charge in [0.15, 0.2) is 6.10 Å². The normalized spacial score (nSPS) is 12.8. The van der Waals surface area contributed by atoms with Crippen LogP contribution in [0.1, 0.15) is 129 Å². The monoisotopic (exact) mass is 482 g/mol. The third-order valence-electron chi connectivity index (χ3n) is 6.16. The largest absolute Gasteiger partial charge is 0.481 e. The summed E-state index contributed by atoms with van der Waals surface area (Å²) in [5.74, 6) is -1.38. The Hall–Kier alpha value is -1.36. The molecule has 0 amide bonds. The average Bonchev–Trinajstić information content (AvgIpc) is 2.73. The second kappa shape index (κ2) is 22.1. The molecule has 0 aromatic heterocycles. The maximum atomic E-state index is 12.0. The summed E-state index contributed by atoms with van der Waals surface area (Å²) in [5.41, 5.74) is 0. The molecular formula is C29H56NO4+. The Bertz CT molecular complexity index is 525. The van der Waals surface area contributed by atoms with Gasteiger partial charge in [0.1, 0.15) is 6.54 Å². The third kappa shape index (κ3) is 25.3. The number of carboxylic acids is 1. The van der Waals surface area contributed by atoms with Crippen LogP contribution in [0.4, 0.5) is 0 Å². The van der Waals surface area contributed by atoms with E-state index in [0.29, 0.717) is 11.0 Å². The van der Waals surface area contributed by atoms with E-state index in [2.05, 4.69) is 6.92 Å². The Morgan fingerprint density at radius 1 is 0.735 bits per heavy atom. The first-order valence-corrected chi connectivity index (χ1v) is 14.1. The van der Waals surface area contributed by atoms with Crippen LogP contribution in [-0.2, 0) is 14.3 Å². The SMILES string of the molecule is CCCCCCCCCCCCCCCCCCCC=CC(=O)OC(CC(=O)O)C[N+](C)(C)C. The molecule has 0 aliphatic rings. The summed E-state index contributed by atoms with van der Waals surface area (Å²) in [5, 5.41) is 9.02. The van der Waals surface area contributed by atoms with Crippen LogP contribution < -0.4 is 0 Å². The Morgan fingerprint density at radius 2 is 1.15 bits per heavy atom. The molecule has 5 nitrogen and oxygen atoms in total. The van der Waals surface area contributed by atoms with Crippen molar-refractivity contribution in [3.8, 4) is 0 Å². The van der Waals surface area contributed by atoms with Crippen molar-refractivity contribution in [1.82, 2.24) is 0 Å². The molecule has 5 heteroatoms. The summed E-state index contributed by atoms with van der Waals surface area (Å²) in [6.45, 7) is 2.75. The summed E-state index contributed by atoms with van der Waals surface area (Å²) >= 11 is 0. The van der Waals surface area contributed by atoms with Gasteiger partial charge in [-0.2, -0.15) is 0 Å². The number of likely N-dealkylation sites (N-methyl/N-ethyl adjacent to an activating group) is 1. The van der Waals surface area contributed by atoms with Crippen LogP contribution in [0.25, 0.3) is 0 Å². The van der Waals surface area contributed by atoms with Gasteiger partial charge in [0.25, 0.3) is 0 Å². The van der Waals surface area contributed by atoms with E-state index in [9.17, 15) is 9.59 Å². The van der Waals surface area contributed by atoms with Crippen molar-refractivity contribution in [3.63, 3.8) is 0 Å². The van der Waals surface area contributed by atoms with Crippen molar-refractivity contribution in [2.24, 2.45) is 0 Å². The molecule has 34 heavy (non-hydrogen) atoms. The van der Waals surface area contributed by atoms with Gasteiger partial charge >= 0.3 is 11.9 Å². The van der Waals surface area contributed by atoms with Crippen LogP contribution >= 0.6 is 0 Å². The summed E-state index contributed by atoms with van der Waals surface area (Å²) < 4.78 is 5.90. The van der Waals surface area contributed by atoms with Crippen LogP contribution in [0.15, 0.2) is 12.2 Å². The zero-order valence-corrected chi connectivity index (χ0v) is 23.0. The number of carboxylic acid groups (broad SMARTS) is 1. The number of carbonyl (C=O) groups excluding carboxylic acids is 1. The van der Waals surface area contributed by atoms with Crippen molar-refractivity contribution in [1.29, 1.82) is 0 Å². The van der Waals surface area contributed by atoms with E-state index in [4.69, 9.17) is 9.84 Å². The lowest BCUT2D eigenvalue weighted by atomic mass is 10.0. The van der Waals surface area contributed by atoms with Crippen molar-refractivity contribution < 1.29 is 23.9 Å². The predicted octanol–water partition coefficient (Wildman–Crippen LogP) is 7.68. The van der Waals surface area contributed by atoms with Gasteiger partial charge in [0.05, 0.1) is 27.6 Å². The summed E-state index contributed by atoms with van der Waals surface area (Å²) in [6, 6.07) is 0. The zero-order valence-electron chi connectivity index (χ0n) is 23.0. The van der Waals surface area contributed by atoms with E-state index < -0.39 is 18.0 Å². The molecule has 0 bridgehead atoms. The Morgan fingerprint density at radius 3 is 1.53 bits per heavy atom. The minimum absolute atomic E-state index is 0.158. The van der Waals surface area contributed by atoms with Crippen LogP contribution in [0.5, 0.6) is 0 Å². The van der Waals surface area contributed by atoms with E-state index in [1.165, 1.54) is 109 Å². The highest BCUT2D eigenvalue weighted by Gasteiger charge is 2.23. The number of ether oxygens (including phenoxy) is 1. The maximum Gasteiger partial charge on any atom is 0.330 e. The molecule has 0 saturated carbocycles. The van der Waals surface area contributed by atoms with Gasteiger partial charge in [0.2, 0.25) is 0 Å². The predicted molar refractivity (Wildman–Crippen MR) is 143 cm³/mol. The number of allylic oxidation sites excluding steroid dienone is 1. The molecule has 0 radical (unpaired) electrons. The number of quaternary nitrogens is 1. The maximum absolute atomic E-state index is 12.0. The van der Waals surface area contributed by atoms with Gasteiger partial charge in [-0.1, -0.05) is 116 Å². The second-order valence-corrected chi connectivity index (χ2v) is 11.0. The number of esters is 1. The number of aliphatic carboxylic acids is 1. The molecule has 0 aliphatic heterocycles. The molecule has 1 unspecified atom stereocenters. The molecule has 200 valence electrons. The number of hydrogen-bond acceptors (Lipinski definition) is 3. The number of nitrogens with zero attached hydrogens (tertiary/aromatic N) is 1. The smallest absolute Gasteiger partial charge is 0.330 e. The lowest BCUT2D eigenvalue weighted by molar-refractivity contribution is -0.873. The average molecular weight is 483 g/mol. The quantitative estimate of drug-likeness (QED) is 0.0663. The highest BCUT2D eigenvalue weighted by molar-refractivity contribution is 5.82. The second-order valence-electron chi connectivity index (χ2n) is 11.0. The molecule has 0 saturated heterocycles. The first-order chi connectivity index (χ1) is 16.2. The summed E-state index contributed by atoms with van der Waals surface area (Å²) in [6.07, 6.45) is 26.5. The van der Waals surface area contributed by atoms with Gasteiger partial charge in [-0.15, -0.1) is 0 Å². The van der Waals surface area contributed by atoms with Crippen LogP contribution in [0.3, 0.4) is 0 Å². The van der Waals surface area contributed by atoms with Gasteiger partial charge in [0, 0.05) is 6.08 Å². The molecule has 0 aliphatic carbocycles. The minimum Gasteiger partial charge on any atom is -0.481 e. The fourth-order valence-electron chi connectivity index (χ4n) is 4.32. The van der Waals surface area contributed by atoms with E-state index in [1.807, 2.05) is 27.2 Å². The molecule has 0 aromatic rings. The molecule has 0 rings (SSSR count). The number of rotatable bonds is 24. The molecule has 1 atom stereocenters. The van der Waals surface area contributed by atoms with Gasteiger partial charge < -0.3 is 14.3 Å². The van der Waals surface area contributed by atoms with Crippen molar-refractivity contribution >= 4 is 11.9 Å². The Labute approximate surface area is 210 Å².